The number of aryl methyl sites for hydroxylation is 4. The smallest absolute Gasteiger partial charge is 0.160 e. The van der Waals surface area contributed by atoms with Crippen LogP contribution in [0.4, 0.5) is 0 Å². The number of hydrogen-bond donors (Lipinski definition) is 8. The number of ether oxygens (including phenoxy) is 10. The van der Waals surface area contributed by atoms with Gasteiger partial charge >= 0.3 is 0 Å². The molecule has 508 valence electrons. The lowest BCUT2D eigenvalue weighted by molar-refractivity contribution is -0.0749. The van der Waals surface area contributed by atoms with Crippen LogP contribution < -0.4 is 18.9 Å². The van der Waals surface area contributed by atoms with Crippen molar-refractivity contribution in [3.63, 3.8) is 0 Å². The van der Waals surface area contributed by atoms with Crippen LogP contribution in [0.3, 0.4) is 0 Å². The fourth-order valence-electron chi connectivity index (χ4n) is 17.8. The molecule has 0 radical (unpaired) electrons. The Bertz CT molecular complexity index is 4300. The summed E-state index contributed by atoms with van der Waals surface area (Å²) in [4.78, 5) is 0. The zero-order chi connectivity index (χ0) is 68.9. The van der Waals surface area contributed by atoms with Gasteiger partial charge in [-0.15, -0.1) is 0 Å². The number of methoxy groups -OCH3 is 4. The van der Waals surface area contributed by atoms with Crippen LogP contribution in [0.1, 0.15) is 154 Å². The van der Waals surface area contributed by atoms with E-state index in [0.717, 1.165) is 77.9 Å². The summed E-state index contributed by atoms with van der Waals surface area (Å²) in [7, 11) is 6.06. The largest absolute Gasteiger partial charge is 0.508 e. The minimum Gasteiger partial charge on any atom is -0.508 e. The second-order valence-corrected chi connectivity index (χ2v) is 28.0. The SMILES string of the molecule is C=C1[C@@H](c2ccc(O)c(C)c2)O[C@@H](c2ccc(OC)c(O)c2)[C@@]12CC[C@@]13O[C@]1(C2)[C@@H](c1ccc(O)c(OC)c1)O[C@H]3c1ccc(O)c(C)c1.C=C1[C@@H](c2ccc(O)c(C)c2)O[C@@H](c2ccc(OC)c(O)c2)[C@]12CC[C@@]13O[C@]1(C2)[C@@H](c1ccc(O)c(OC)c1)O[C@H]3c1ccc(O)c(C)c1. The minimum absolute atomic E-state index is 0.0142. The molecule has 2 spiro atoms. The highest BCUT2D eigenvalue weighted by Crippen LogP contribution is 2.83. The molecule has 0 unspecified atom stereocenters. The van der Waals surface area contributed by atoms with Gasteiger partial charge in [0.2, 0.25) is 0 Å². The van der Waals surface area contributed by atoms with Crippen molar-refractivity contribution in [2.45, 2.75) is 137 Å². The Kier molecular flexibility index (Phi) is 15.2. The molecule has 2 saturated carbocycles. The molecule has 8 aromatic rings. The number of epoxide rings is 2. The molecular weight excluding hydrogens is 1250 g/mol. The minimum atomic E-state index is -0.803. The van der Waals surface area contributed by atoms with E-state index in [2.05, 4.69) is 0 Å². The van der Waals surface area contributed by atoms with E-state index in [1.54, 1.807) is 72.8 Å². The van der Waals surface area contributed by atoms with Crippen molar-refractivity contribution in [2.75, 3.05) is 28.4 Å². The van der Waals surface area contributed by atoms with Crippen LogP contribution in [-0.2, 0) is 28.4 Å². The summed E-state index contributed by atoms with van der Waals surface area (Å²) in [5.41, 5.74) is 7.29. The Labute approximate surface area is 568 Å². The fraction of sp³-hybridized carbons (Fsp3) is 0.350. The summed E-state index contributed by atoms with van der Waals surface area (Å²) in [5.74, 6) is 2.32. The fourth-order valence-corrected chi connectivity index (χ4v) is 17.8. The third-order valence-corrected chi connectivity index (χ3v) is 22.9. The predicted molar refractivity (Wildman–Crippen MR) is 360 cm³/mol. The molecule has 16 rings (SSSR count). The Morgan fingerprint density at radius 2 is 0.592 bits per heavy atom. The molecule has 8 N–H and O–H groups in total. The molecular formula is C80H80O18. The first kappa shape index (κ1) is 64.6. The van der Waals surface area contributed by atoms with E-state index in [-0.39, 0.29) is 46.0 Å². The maximum Gasteiger partial charge on any atom is 0.160 e. The van der Waals surface area contributed by atoms with Crippen LogP contribution >= 0.6 is 0 Å². The Morgan fingerprint density at radius 1 is 0.306 bits per heavy atom. The number of aromatic hydroxyl groups is 8. The van der Waals surface area contributed by atoms with E-state index in [0.29, 0.717) is 61.5 Å². The van der Waals surface area contributed by atoms with Crippen molar-refractivity contribution in [3.8, 4) is 69.0 Å². The zero-order valence-corrected chi connectivity index (χ0v) is 55.8. The van der Waals surface area contributed by atoms with Crippen molar-refractivity contribution in [1.82, 2.24) is 0 Å². The third kappa shape index (κ3) is 9.49. The molecule has 8 aliphatic rings. The maximum absolute atomic E-state index is 10.9. The average molecular weight is 1330 g/mol. The van der Waals surface area contributed by atoms with Gasteiger partial charge in [-0.2, -0.15) is 0 Å². The molecule has 98 heavy (non-hydrogen) atoms. The van der Waals surface area contributed by atoms with Gasteiger partial charge in [0.15, 0.2) is 46.0 Å². The van der Waals surface area contributed by atoms with Crippen LogP contribution in [-0.4, -0.2) is 91.7 Å². The van der Waals surface area contributed by atoms with E-state index < -0.39 is 82.1 Å². The van der Waals surface area contributed by atoms with Gasteiger partial charge in [-0.3, -0.25) is 0 Å². The highest BCUT2D eigenvalue weighted by atomic mass is 16.7. The van der Waals surface area contributed by atoms with E-state index in [4.69, 9.17) is 60.5 Å². The highest BCUT2D eigenvalue weighted by Gasteiger charge is 2.87. The molecule has 0 bridgehead atoms. The van der Waals surface area contributed by atoms with Gasteiger partial charge in [0.25, 0.3) is 0 Å². The number of hydrogen-bond acceptors (Lipinski definition) is 18. The van der Waals surface area contributed by atoms with E-state index in [9.17, 15) is 40.9 Å². The molecule has 18 nitrogen and oxygen atoms in total. The number of phenols is 8. The normalized spacial score (nSPS) is 31.4. The van der Waals surface area contributed by atoms with Crippen molar-refractivity contribution in [2.24, 2.45) is 10.8 Å². The highest BCUT2D eigenvalue weighted by molar-refractivity contribution is 5.55. The zero-order valence-electron chi connectivity index (χ0n) is 55.8. The summed E-state index contributed by atoms with van der Waals surface area (Å²) in [5, 5.41) is 84.1. The predicted octanol–water partition coefficient (Wildman–Crippen LogP) is 15.4. The molecule has 14 atom stereocenters. The first-order valence-corrected chi connectivity index (χ1v) is 33.0. The molecule has 2 aliphatic carbocycles. The summed E-state index contributed by atoms with van der Waals surface area (Å²) < 4.78 is 63.9. The van der Waals surface area contributed by atoms with Gasteiger partial charge in [0.05, 0.1) is 40.6 Å². The molecule has 6 saturated heterocycles. The lowest BCUT2D eigenvalue weighted by atomic mass is 9.57. The monoisotopic (exact) mass is 1330 g/mol. The van der Waals surface area contributed by atoms with Crippen molar-refractivity contribution in [3.05, 3.63) is 237 Å². The van der Waals surface area contributed by atoms with Crippen molar-refractivity contribution >= 4 is 0 Å². The molecule has 6 aliphatic heterocycles. The molecule has 8 fully saturated rings. The van der Waals surface area contributed by atoms with Gasteiger partial charge in [0.1, 0.15) is 82.0 Å². The third-order valence-electron chi connectivity index (χ3n) is 22.9. The van der Waals surface area contributed by atoms with Crippen LogP contribution in [0.25, 0.3) is 0 Å². The lowest BCUT2D eigenvalue weighted by Gasteiger charge is -2.42. The number of phenolic OH excluding ortho intramolecular Hbond substituents is 8. The number of benzene rings is 8. The van der Waals surface area contributed by atoms with Gasteiger partial charge in [-0.05, 0) is 241 Å². The van der Waals surface area contributed by atoms with E-state index >= 15 is 0 Å². The summed E-state index contributed by atoms with van der Waals surface area (Å²) >= 11 is 0. The van der Waals surface area contributed by atoms with E-state index in [1.807, 2.05) is 100 Å². The summed E-state index contributed by atoms with van der Waals surface area (Å²) in [6.07, 6.45) is -0.294. The van der Waals surface area contributed by atoms with E-state index in [1.165, 1.54) is 28.4 Å². The first-order valence-electron chi connectivity index (χ1n) is 33.0. The second-order valence-electron chi connectivity index (χ2n) is 28.0. The molecule has 0 amide bonds. The number of rotatable bonds is 12. The van der Waals surface area contributed by atoms with Crippen LogP contribution in [0.15, 0.2) is 170 Å². The van der Waals surface area contributed by atoms with Crippen molar-refractivity contribution in [1.29, 1.82) is 0 Å². The first-order chi connectivity index (χ1) is 46.9. The topological polar surface area (TPSA) is 261 Å². The van der Waals surface area contributed by atoms with Gasteiger partial charge in [-0.25, -0.2) is 0 Å². The lowest BCUT2D eigenvalue weighted by Crippen LogP contribution is -2.43. The maximum atomic E-state index is 10.9. The Hall–Kier alpha value is -9.40. The quantitative estimate of drug-likeness (QED) is 0.0418. The van der Waals surface area contributed by atoms with Crippen molar-refractivity contribution < 1.29 is 88.2 Å². The molecule has 6 heterocycles. The Balaban J connectivity index is 0.000000160. The average Bonchev–Trinajstić information content (AvgIpc) is 1.47. The van der Waals surface area contributed by atoms with Crippen LogP contribution in [0, 0.1) is 38.5 Å². The van der Waals surface area contributed by atoms with Crippen LogP contribution in [0.5, 0.6) is 69.0 Å². The molecule has 8 aromatic carbocycles. The van der Waals surface area contributed by atoms with Gasteiger partial charge < -0.3 is 88.2 Å². The second kappa shape index (κ2) is 23.1. The molecule has 0 aromatic heterocycles. The molecule has 18 heteroatoms. The summed E-state index contributed by atoms with van der Waals surface area (Å²) in [6.45, 7) is 16.9. The van der Waals surface area contributed by atoms with Crippen LogP contribution in [0.2, 0.25) is 0 Å². The summed E-state index contributed by atoms with van der Waals surface area (Å²) in [6, 6.07) is 43.3. The standard InChI is InChI=1S/2C40H40O9/c2*1-21-16-24(6-10-28(21)41)34-23(3)38(35(47-34)26-9-13-32(45-4)31(44)18-26)14-15-39-36(25-7-11-29(42)22(2)17-25)48-37(40(39,20-38)49-39)27-8-12-30(43)33(19-27)46-5/h2*6-13,16-19,34-37,41-44H,3,14-15,20H2,1-2,4-5H3/t34-,35-,36-,37+,38+,39-,40+;34-,35-,36-,37+,38-,39-,40+/m00/s1. The Morgan fingerprint density at radius 3 is 0.918 bits per heavy atom. The van der Waals surface area contributed by atoms with Gasteiger partial charge in [0, 0.05) is 10.8 Å². The van der Waals surface area contributed by atoms with Gasteiger partial charge in [-0.1, -0.05) is 61.7 Å².